The molecule has 1 aromatic carbocycles. The summed E-state index contributed by atoms with van der Waals surface area (Å²) >= 11 is 0. The fourth-order valence-electron chi connectivity index (χ4n) is 2.68. The second-order valence-electron chi connectivity index (χ2n) is 6.45. The maximum atomic E-state index is 12.3. The van der Waals surface area contributed by atoms with E-state index in [1.54, 1.807) is 0 Å². The number of amides is 1. The first kappa shape index (κ1) is 16.7. The summed E-state index contributed by atoms with van der Waals surface area (Å²) in [6.45, 7) is 4.15. The fraction of sp³-hybridized carbons (Fsp3) is 0.412. The number of aromatic nitrogens is 1. The van der Waals surface area contributed by atoms with Gasteiger partial charge in [0.25, 0.3) is 5.89 Å². The molecule has 0 spiro atoms. The molecular formula is C17H20N2O4S. The van der Waals surface area contributed by atoms with E-state index in [0.717, 1.165) is 5.56 Å². The Bertz CT molecular complexity index is 821. The third kappa shape index (κ3) is 3.36. The zero-order valence-electron chi connectivity index (χ0n) is 13.7. The van der Waals surface area contributed by atoms with E-state index in [0.29, 0.717) is 5.76 Å². The molecule has 0 aliphatic carbocycles. The molecule has 0 unspecified atom stereocenters. The van der Waals surface area contributed by atoms with Gasteiger partial charge in [0.05, 0.1) is 17.2 Å². The van der Waals surface area contributed by atoms with Crippen LogP contribution in [0.15, 0.2) is 40.9 Å². The average molecular weight is 348 g/mol. The van der Waals surface area contributed by atoms with E-state index in [9.17, 15) is 13.2 Å². The zero-order valence-corrected chi connectivity index (χ0v) is 14.5. The van der Waals surface area contributed by atoms with Gasteiger partial charge in [0.1, 0.15) is 0 Å². The van der Waals surface area contributed by atoms with Crippen molar-refractivity contribution in [3.63, 3.8) is 0 Å². The molecule has 6 nitrogen and oxygen atoms in total. The number of carbonyl (C=O) groups excluding carboxylic acids is 1. The van der Waals surface area contributed by atoms with Crippen LogP contribution in [0.5, 0.6) is 0 Å². The van der Waals surface area contributed by atoms with Gasteiger partial charge in [-0.05, 0) is 5.92 Å². The smallest absolute Gasteiger partial charge is 0.309 e. The number of rotatable bonds is 5. The van der Waals surface area contributed by atoms with Crippen LogP contribution in [0.1, 0.15) is 24.5 Å². The molecule has 2 aromatic rings. The summed E-state index contributed by atoms with van der Waals surface area (Å²) in [5, 5.41) is -0.479. The Hall–Kier alpha value is -2.15. The Labute approximate surface area is 141 Å². The molecule has 1 aliphatic rings. The number of oxazole rings is 1. The molecule has 0 radical (unpaired) electrons. The van der Waals surface area contributed by atoms with Gasteiger partial charge < -0.3 is 9.32 Å². The summed E-state index contributed by atoms with van der Waals surface area (Å²) in [4.78, 5) is 17.8. The lowest BCUT2D eigenvalue weighted by Crippen LogP contribution is -2.57. The van der Waals surface area contributed by atoms with Crippen LogP contribution in [0.3, 0.4) is 0 Å². The van der Waals surface area contributed by atoms with Crippen molar-refractivity contribution >= 4 is 15.7 Å². The monoisotopic (exact) mass is 348 g/mol. The zero-order chi connectivity index (χ0) is 17.3. The van der Waals surface area contributed by atoms with Crippen LogP contribution in [0.2, 0.25) is 0 Å². The van der Waals surface area contributed by atoms with Gasteiger partial charge in [-0.1, -0.05) is 44.2 Å². The molecule has 1 fully saturated rings. The normalized spacial score (nSPS) is 15.5. The van der Waals surface area contributed by atoms with E-state index in [1.807, 2.05) is 44.2 Å². The minimum atomic E-state index is -3.15. The quantitative estimate of drug-likeness (QED) is 0.828. The van der Waals surface area contributed by atoms with Gasteiger partial charge in [0, 0.05) is 18.7 Å². The lowest BCUT2D eigenvalue weighted by molar-refractivity contribution is 0.0618. The van der Waals surface area contributed by atoms with Crippen molar-refractivity contribution in [1.82, 2.24) is 9.88 Å². The maximum absolute atomic E-state index is 12.3. The Morgan fingerprint density at radius 2 is 1.96 bits per heavy atom. The van der Waals surface area contributed by atoms with E-state index < -0.39 is 15.1 Å². The number of nitrogens with zero attached hydrogens (tertiary/aromatic N) is 2. The molecule has 0 N–H and O–H groups in total. The first-order chi connectivity index (χ1) is 11.4. The molecule has 24 heavy (non-hydrogen) atoms. The first-order valence-electron chi connectivity index (χ1n) is 7.89. The van der Waals surface area contributed by atoms with Crippen LogP contribution in [0.4, 0.5) is 0 Å². The maximum Gasteiger partial charge on any atom is 0.309 e. The number of benzene rings is 1. The van der Waals surface area contributed by atoms with Crippen LogP contribution >= 0.6 is 0 Å². The third-order valence-corrected chi connectivity index (χ3v) is 6.40. The van der Waals surface area contributed by atoms with E-state index in [-0.39, 0.29) is 36.6 Å². The summed E-state index contributed by atoms with van der Waals surface area (Å²) < 4.78 is 29.8. The van der Waals surface area contributed by atoms with Gasteiger partial charge in [-0.25, -0.2) is 13.4 Å². The van der Waals surface area contributed by atoms with Crippen LogP contribution in [0.25, 0.3) is 11.3 Å². The van der Waals surface area contributed by atoms with E-state index in [2.05, 4.69) is 4.98 Å². The van der Waals surface area contributed by atoms with Gasteiger partial charge in [-0.3, -0.25) is 4.79 Å². The van der Waals surface area contributed by atoms with Gasteiger partial charge in [0.15, 0.2) is 15.6 Å². The van der Waals surface area contributed by atoms with Crippen LogP contribution in [0, 0.1) is 5.92 Å². The molecule has 1 aliphatic heterocycles. The van der Waals surface area contributed by atoms with E-state index in [1.165, 1.54) is 11.1 Å². The lowest BCUT2D eigenvalue weighted by Gasteiger charge is -2.38. The Balaban J connectivity index is 1.64. The van der Waals surface area contributed by atoms with Crippen LogP contribution in [-0.2, 0) is 9.84 Å². The Kier molecular flexibility index (Phi) is 4.45. The highest BCUT2D eigenvalue weighted by atomic mass is 32.2. The van der Waals surface area contributed by atoms with Gasteiger partial charge in [-0.2, -0.15) is 0 Å². The van der Waals surface area contributed by atoms with Crippen LogP contribution < -0.4 is 0 Å². The SMILES string of the molecule is CC(C)CS(=O)(=O)C1CN(C(=O)c2ncc(-c3ccccc3)o2)C1. The molecule has 1 saturated heterocycles. The predicted molar refractivity (Wildman–Crippen MR) is 90.3 cm³/mol. The second kappa shape index (κ2) is 6.39. The molecule has 0 saturated carbocycles. The molecule has 1 aromatic heterocycles. The van der Waals surface area contributed by atoms with Crippen molar-refractivity contribution in [3.05, 3.63) is 42.4 Å². The Morgan fingerprint density at radius 1 is 1.29 bits per heavy atom. The Morgan fingerprint density at radius 3 is 2.58 bits per heavy atom. The molecule has 128 valence electrons. The van der Waals surface area contributed by atoms with E-state index in [4.69, 9.17) is 4.42 Å². The van der Waals surface area contributed by atoms with Crippen molar-refractivity contribution in [2.75, 3.05) is 18.8 Å². The third-order valence-electron chi connectivity index (χ3n) is 3.96. The summed E-state index contributed by atoms with van der Waals surface area (Å²) in [6.07, 6.45) is 1.51. The summed E-state index contributed by atoms with van der Waals surface area (Å²) in [5.74, 6) is 0.377. The highest BCUT2D eigenvalue weighted by molar-refractivity contribution is 7.92. The standard InChI is InChI=1S/C17H20N2O4S/c1-12(2)11-24(21,22)14-9-19(10-14)17(20)16-18-8-15(23-16)13-6-4-3-5-7-13/h3-8,12,14H,9-11H2,1-2H3. The number of carbonyl (C=O) groups is 1. The van der Waals surface area contributed by atoms with Crippen molar-refractivity contribution < 1.29 is 17.6 Å². The number of hydrogen-bond donors (Lipinski definition) is 0. The van der Waals surface area contributed by atoms with Crippen molar-refractivity contribution in [2.24, 2.45) is 5.92 Å². The largest absolute Gasteiger partial charge is 0.432 e. The fourth-order valence-corrected chi connectivity index (χ4v) is 4.69. The lowest BCUT2D eigenvalue weighted by atomic mass is 10.2. The van der Waals surface area contributed by atoms with Crippen molar-refractivity contribution in [1.29, 1.82) is 0 Å². The predicted octanol–water partition coefficient (Wildman–Crippen LogP) is 2.24. The summed E-state index contributed by atoms with van der Waals surface area (Å²) in [5.41, 5.74) is 0.838. The van der Waals surface area contributed by atoms with Crippen LogP contribution in [-0.4, -0.2) is 48.3 Å². The molecular weight excluding hydrogens is 328 g/mol. The number of sulfone groups is 1. The first-order valence-corrected chi connectivity index (χ1v) is 9.60. The number of likely N-dealkylation sites (tertiary alicyclic amines) is 1. The molecule has 0 atom stereocenters. The minimum absolute atomic E-state index is 0.00596. The van der Waals surface area contributed by atoms with Crippen molar-refractivity contribution in [2.45, 2.75) is 19.1 Å². The summed E-state index contributed by atoms with van der Waals surface area (Å²) in [7, 11) is -3.15. The van der Waals surface area contributed by atoms with Gasteiger partial charge in [-0.15, -0.1) is 0 Å². The molecule has 0 bridgehead atoms. The van der Waals surface area contributed by atoms with E-state index >= 15 is 0 Å². The molecule has 2 heterocycles. The highest BCUT2D eigenvalue weighted by Crippen LogP contribution is 2.24. The molecule has 7 heteroatoms. The van der Waals surface area contributed by atoms with Crippen molar-refractivity contribution in [3.8, 4) is 11.3 Å². The highest BCUT2D eigenvalue weighted by Gasteiger charge is 2.41. The van der Waals surface area contributed by atoms with Gasteiger partial charge in [0.2, 0.25) is 0 Å². The molecule has 1 amide bonds. The molecule has 3 rings (SSSR count). The van der Waals surface area contributed by atoms with Gasteiger partial charge >= 0.3 is 5.91 Å². The number of hydrogen-bond acceptors (Lipinski definition) is 5. The minimum Gasteiger partial charge on any atom is -0.432 e. The average Bonchev–Trinajstić information content (AvgIpc) is 2.94. The topological polar surface area (TPSA) is 80.5 Å². The second-order valence-corrected chi connectivity index (χ2v) is 8.78. The summed E-state index contributed by atoms with van der Waals surface area (Å²) in [6, 6.07) is 9.38.